The van der Waals surface area contributed by atoms with Crippen LogP contribution in [0.4, 0.5) is 0 Å². The second-order valence-corrected chi connectivity index (χ2v) is 9.06. The molecule has 0 fully saturated rings. The third kappa shape index (κ3) is 3.74. The Morgan fingerprint density at radius 2 is 1.62 bits per heavy atom. The monoisotopic (exact) mass is 420 g/mol. The van der Waals surface area contributed by atoms with E-state index in [0.29, 0.717) is 0 Å². The molecule has 0 aliphatic heterocycles. The minimum absolute atomic E-state index is 0.487. The Balaban J connectivity index is 2.10. The first-order chi connectivity index (χ1) is 10.2. The molecule has 21 heavy (non-hydrogen) atoms. The van der Waals surface area contributed by atoms with Crippen molar-refractivity contribution in [2.75, 3.05) is 0 Å². The summed E-state index contributed by atoms with van der Waals surface area (Å²) in [5.41, 5.74) is 0. The van der Waals surface area contributed by atoms with Gasteiger partial charge in [0.1, 0.15) is 0 Å². The predicted molar refractivity (Wildman–Crippen MR) is 101 cm³/mol. The number of hydrogen-bond acceptors (Lipinski definition) is 0. The van der Waals surface area contributed by atoms with Crippen molar-refractivity contribution in [3.8, 4) is 0 Å². The van der Waals surface area contributed by atoms with Crippen LogP contribution in [0, 0.1) is 0 Å². The first kappa shape index (κ1) is 15.2. The Kier molecular flexibility index (Phi) is 5.11. The largest absolute Gasteiger partial charge is 0.0758 e. The normalized spacial score (nSPS) is 16.1. The zero-order valence-corrected chi connectivity index (χ0v) is 15.5. The number of benzene rings is 2. The molecule has 3 heteroatoms. The van der Waals surface area contributed by atoms with Gasteiger partial charge in [-0.25, -0.2) is 0 Å². The van der Waals surface area contributed by atoms with Crippen molar-refractivity contribution in [2.45, 2.75) is 12.8 Å². The molecular weight excluding hydrogens is 407 g/mol. The summed E-state index contributed by atoms with van der Waals surface area (Å²) in [6, 6.07) is 19.5. The summed E-state index contributed by atoms with van der Waals surface area (Å²) >= 11 is 7.28. The quantitative estimate of drug-likeness (QED) is 0.546. The van der Waals surface area contributed by atoms with Crippen LogP contribution in [0.15, 0.2) is 81.0 Å². The van der Waals surface area contributed by atoms with Gasteiger partial charge in [0.25, 0.3) is 0 Å². The third-order valence-corrected chi connectivity index (χ3v) is 6.94. The van der Waals surface area contributed by atoms with Crippen molar-refractivity contribution in [3.05, 3.63) is 81.0 Å². The van der Waals surface area contributed by atoms with E-state index < -0.39 is 7.92 Å². The Labute approximate surface area is 144 Å². The van der Waals surface area contributed by atoms with Gasteiger partial charge in [0.05, 0.1) is 0 Å². The fourth-order valence-corrected chi connectivity index (χ4v) is 6.14. The van der Waals surface area contributed by atoms with Gasteiger partial charge in [0.15, 0.2) is 0 Å². The molecule has 2 aromatic rings. The van der Waals surface area contributed by atoms with Crippen LogP contribution in [0.1, 0.15) is 12.8 Å². The van der Waals surface area contributed by atoms with Crippen LogP contribution in [-0.4, -0.2) is 0 Å². The molecule has 0 aromatic heterocycles. The van der Waals surface area contributed by atoms with Crippen molar-refractivity contribution in [1.82, 2.24) is 0 Å². The highest BCUT2D eigenvalue weighted by atomic mass is 79.9. The Morgan fingerprint density at radius 3 is 2.33 bits per heavy atom. The maximum Gasteiger partial charge on any atom is 0.0181 e. The Bertz CT molecular complexity index is 689. The van der Waals surface area contributed by atoms with E-state index in [1.165, 1.54) is 20.4 Å². The van der Waals surface area contributed by atoms with E-state index in [1.807, 2.05) is 0 Å². The van der Waals surface area contributed by atoms with Crippen LogP contribution < -0.4 is 10.6 Å². The molecule has 0 N–H and O–H groups in total. The van der Waals surface area contributed by atoms with E-state index >= 15 is 0 Å². The van der Waals surface area contributed by atoms with Crippen molar-refractivity contribution in [1.29, 1.82) is 0 Å². The predicted octanol–water partition coefficient (Wildman–Crippen LogP) is 5.84. The minimum Gasteiger partial charge on any atom is -0.0758 e. The molecule has 0 amide bonds. The zero-order chi connectivity index (χ0) is 14.7. The van der Waals surface area contributed by atoms with Crippen molar-refractivity contribution in [3.63, 3.8) is 0 Å². The summed E-state index contributed by atoms with van der Waals surface area (Å²) in [5, 5.41) is 4.22. The number of allylic oxidation sites excluding steroid dienone is 4. The lowest BCUT2D eigenvalue weighted by atomic mass is 10.2. The Hall–Kier alpha value is -0.690. The summed E-state index contributed by atoms with van der Waals surface area (Å²) in [5.74, 6) is 0. The van der Waals surface area contributed by atoms with E-state index in [-0.39, 0.29) is 0 Å². The molecule has 0 spiro atoms. The van der Waals surface area contributed by atoms with E-state index in [0.717, 1.165) is 17.3 Å². The molecule has 0 saturated carbocycles. The zero-order valence-electron chi connectivity index (χ0n) is 11.5. The van der Waals surface area contributed by atoms with Gasteiger partial charge in [-0.1, -0.05) is 80.4 Å². The van der Waals surface area contributed by atoms with Crippen LogP contribution in [0.5, 0.6) is 0 Å². The van der Waals surface area contributed by atoms with Gasteiger partial charge in [-0.15, -0.1) is 0 Å². The van der Waals surface area contributed by atoms with Gasteiger partial charge in [-0.05, 0) is 59.4 Å². The maximum absolute atomic E-state index is 3.68. The van der Waals surface area contributed by atoms with Crippen molar-refractivity contribution in [2.24, 2.45) is 0 Å². The molecule has 1 atom stereocenters. The average Bonchev–Trinajstić information content (AvgIpc) is 2.49. The maximum atomic E-state index is 3.68. The Morgan fingerprint density at radius 1 is 0.857 bits per heavy atom. The van der Waals surface area contributed by atoms with E-state index in [4.69, 9.17) is 0 Å². The van der Waals surface area contributed by atoms with Gasteiger partial charge in [0.2, 0.25) is 0 Å². The lowest BCUT2D eigenvalue weighted by Gasteiger charge is -2.23. The van der Waals surface area contributed by atoms with Crippen LogP contribution in [-0.2, 0) is 0 Å². The average molecular weight is 422 g/mol. The fourth-order valence-electron chi connectivity index (χ4n) is 2.44. The fraction of sp³-hybridized carbons (Fsp3) is 0.111. The first-order valence-corrected chi connectivity index (χ1v) is 9.84. The van der Waals surface area contributed by atoms with Gasteiger partial charge in [-0.3, -0.25) is 0 Å². The molecule has 106 valence electrons. The van der Waals surface area contributed by atoms with Gasteiger partial charge < -0.3 is 0 Å². The minimum atomic E-state index is -0.487. The van der Waals surface area contributed by atoms with E-state index in [1.54, 1.807) is 0 Å². The molecule has 3 rings (SSSR count). The summed E-state index contributed by atoms with van der Waals surface area (Å²) in [4.78, 5) is 0. The van der Waals surface area contributed by atoms with Crippen molar-refractivity contribution >= 4 is 50.4 Å². The smallest absolute Gasteiger partial charge is 0.0181 e. The number of halogens is 2. The molecule has 2 aromatic carbocycles. The highest BCUT2D eigenvalue weighted by molar-refractivity contribution is 9.11. The van der Waals surface area contributed by atoms with Crippen LogP contribution in [0.3, 0.4) is 0 Å². The van der Waals surface area contributed by atoms with Gasteiger partial charge in [-0.2, -0.15) is 0 Å². The molecule has 1 aliphatic rings. The van der Waals surface area contributed by atoms with Crippen LogP contribution >= 0.6 is 39.8 Å². The standard InChI is InChI=1S/C18H15Br2P/c19-14-6-4-10-17(12-14)21(16-8-2-1-3-9-16)18-11-5-7-15(20)13-18/h1-4,6,8-13H,5,7H2. The molecule has 1 unspecified atom stereocenters. The third-order valence-electron chi connectivity index (χ3n) is 3.38. The highest BCUT2D eigenvalue weighted by Crippen LogP contribution is 2.46. The first-order valence-electron chi connectivity index (χ1n) is 6.91. The number of hydrogen-bond donors (Lipinski definition) is 0. The SMILES string of the molecule is BrC1=CC(P(c2ccccc2)c2cccc(Br)c2)=CCC1. The topological polar surface area (TPSA) is 0 Å². The summed E-state index contributed by atoms with van der Waals surface area (Å²) in [7, 11) is -0.487. The summed E-state index contributed by atoms with van der Waals surface area (Å²) < 4.78 is 2.45. The van der Waals surface area contributed by atoms with Gasteiger partial charge in [0, 0.05) is 4.47 Å². The number of rotatable bonds is 3. The molecule has 1 aliphatic carbocycles. The second kappa shape index (κ2) is 7.05. The van der Waals surface area contributed by atoms with Crippen LogP contribution in [0.2, 0.25) is 0 Å². The van der Waals surface area contributed by atoms with E-state index in [2.05, 4.69) is 98.6 Å². The lowest BCUT2D eigenvalue weighted by molar-refractivity contribution is 1.02. The molecular formula is C18H15Br2P. The molecule has 0 heterocycles. The second-order valence-electron chi connectivity index (χ2n) is 4.91. The molecule has 0 nitrogen and oxygen atoms in total. The lowest BCUT2D eigenvalue weighted by Crippen LogP contribution is -2.13. The highest BCUT2D eigenvalue weighted by Gasteiger charge is 2.19. The summed E-state index contributed by atoms with van der Waals surface area (Å²) in [6.07, 6.45) is 6.93. The molecule has 0 saturated heterocycles. The van der Waals surface area contributed by atoms with Crippen LogP contribution in [0.25, 0.3) is 0 Å². The van der Waals surface area contributed by atoms with Crippen molar-refractivity contribution < 1.29 is 0 Å². The van der Waals surface area contributed by atoms with E-state index in [9.17, 15) is 0 Å². The molecule has 0 radical (unpaired) electrons. The molecule has 0 bridgehead atoms. The summed E-state index contributed by atoms with van der Waals surface area (Å²) in [6.45, 7) is 0. The van der Waals surface area contributed by atoms with Gasteiger partial charge >= 0.3 is 0 Å².